The van der Waals surface area contributed by atoms with E-state index in [2.05, 4.69) is 0 Å². The van der Waals surface area contributed by atoms with Crippen molar-refractivity contribution in [3.63, 3.8) is 0 Å². The molecule has 0 radical (unpaired) electrons. The van der Waals surface area contributed by atoms with Gasteiger partial charge in [-0.15, -0.1) is 0 Å². The third-order valence-corrected chi connectivity index (χ3v) is 4.28. The van der Waals surface area contributed by atoms with Gasteiger partial charge in [0.05, 0.1) is 6.54 Å². The fourth-order valence-corrected chi connectivity index (χ4v) is 3.22. The molecule has 0 aromatic carbocycles. The Morgan fingerprint density at radius 1 is 1.00 bits per heavy atom. The molecule has 0 aromatic heterocycles. The zero-order chi connectivity index (χ0) is 14.6. The molecular formula is C14H23F3N2O. The number of halogens is 3. The number of carbonyl (C=O) groups excluding carboxylic acids is 1. The number of hydrogen-bond donors (Lipinski definition) is 0. The van der Waals surface area contributed by atoms with Crippen LogP contribution in [0.5, 0.6) is 0 Å². The molecule has 0 spiro atoms. The molecule has 1 amide bonds. The fourth-order valence-electron chi connectivity index (χ4n) is 3.22. The highest BCUT2D eigenvalue weighted by molar-refractivity contribution is 5.76. The minimum absolute atomic E-state index is 0.130. The van der Waals surface area contributed by atoms with Gasteiger partial charge >= 0.3 is 6.18 Å². The molecule has 0 atom stereocenters. The van der Waals surface area contributed by atoms with E-state index in [1.54, 1.807) is 4.90 Å². The maximum Gasteiger partial charge on any atom is 0.401 e. The van der Waals surface area contributed by atoms with Gasteiger partial charge < -0.3 is 4.90 Å². The van der Waals surface area contributed by atoms with Gasteiger partial charge in [0.15, 0.2) is 0 Å². The average molecular weight is 292 g/mol. The minimum atomic E-state index is -4.15. The summed E-state index contributed by atoms with van der Waals surface area (Å²) in [5.41, 5.74) is 0. The number of alkyl halides is 3. The Hall–Kier alpha value is -0.780. The van der Waals surface area contributed by atoms with Crippen LogP contribution >= 0.6 is 0 Å². The maximum absolute atomic E-state index is 12.4. The summed E-state index contributed by atoms with van der Waals surface area (Å²) in [6, 6.07) is 0. The largest absolute Gasteiger partial charge is 0.401 e. The van der Waals surface area contributed by atoms with Crippen molar-refractivity contribution in [3.05, 3.63) is 0 Å². The summed E-state index contributed by atoms with van der Waals surface area (Å²) in [5, 5.41) is 0. The van der Waals surface area contributed by atoms with E-state index in [0.717, 1.165) is 12.8 Å². The van der Waals surface area contributed by atoms with E-state index in [-0.39, 0.29) is 5.91 Å². The molecular weight excluding hydrogens is 269 g/mol. The summed E-state index contributed by atoms with van der Waals surface area (Å²) in [6.07, 6.45) is 1.73. The van der Waals surface area contributed by atoms with Crippen molar-refractivity contribution in [1.82, 2.24) is 9.80 Å². The molecule has 0 aromatic rings. The predicted octanol–water partition coefficient (Wildman–Crippen LogP) is 2.66. The SMILES string of the molecule is O=C(CC1CCCC1)N1CCCN(CC(F)(F)F)CC1. The third-order valence-electron chi connectivity index (χ3n) is 4.28. The highest BCUT2D eigenvalue weighted by Gasteiger charge is 2.32. The summed E-state index contributed by atoms with van der Waals surface area (Å²) in [4.78, 5) is 15.3. The topological polar surface area (TPSA) is 23.6 Å². The highest BCUT2D eigenvalue weighted by atomic mass is 19.4. The lowest BCUT2D eigenvalue weighted by molar-refractivity contribution is -0.145. The summed E-state index contributed by atoms with van der Waals surface area (Å²) >= 11 is 0. The molecule has 1 aliphatic heterocycles. The molecule has 116 valence electrons. The smallest absolute Gasteiger partial charge is 0.341 e. The van der Waals surface area contributed by atoms with E-state index in [1.165, 1.54) is 17.7 Å². The van der Waals surface area contributed by atoms with Crippen LogP contribution in [0.3, 0.4) is 0 Å². The summed E-state index contributed by atoms with van der Waals surface area (Å²) in [7, 11) is 0. The predicted molar refractivity (Wildman–Crippen MR) is 70.3 cm³/mol. The Labute approximate surface area is 118 Å². The zero-order valence-corrected chi connectivity index (χ0v) is 11.8. The number of rotatable bonds is 3. The van der Waals surface area contributed by atoms with E-state index < -0.39 is 12.7 Å². The Bertz CT molecular complexity index is 327. The van der Waals surface area contributed by atoms with Gasteiger partial charge in [0.25, 0.3) is 0 Å². The molecule has 1 aliphatic carbocycles. The number of amides is 1. The van der Waals surface area contributed by atoms with E-state index in [1.807, 2.05) is 0 Å². The Morgan fingerprint density at radius 2 is 1.70 bits per heavy atom. The first-order valence-electron chi connectivity index (χ1n) is 7.51. The van der Waals surface area contributed by atoms with Gasteiger partial charge in [-0.25, -0.2) is 0 Å². The van der Waals surface area contributed by atoms with Gasteiger partial charge in [-0.2, -0.15) is 13.2 Å². The van der Waals surface area contributed by atoms with E-state index >= 15 is 0 Å². The maximum atomic E-state index is 12.4. The second-order valence-electron chi connectivity index (χ2n) is 5.98. The quantitative estimate of drug-likeness (QED) is 0.798. The Kier molecular flexibility index (Phi) is 5.29. The summed E-state index contributed by atoms with van der Waals surface area (Å²) in [5.74, 6) is 0.628. The molecule has 2 fully saturated rings. The lowest BCUT2D eigenvalue weighted by atomic mass is 10.0. The van der Waals surface area contributed by atoms with Gasteiger partial charge in [-0.05, 0) is 25.2 Å². The van der Waals surface area contributed by atoms with Crippen molar-refractivity contribution in [1.29, 1.82) is 0 Å². The van der Waals surface area contributed by atoms with Crippen LogP contribution < -0.4 is 0 Å². The summed E-state index contributed by atoms with van der Waals surface area (Å²) in [6.45, 7) is 0.918. The average Bonchev–Trinajstić information content (AvgIpc) is 2.73. The molecule has 0 bridgehead atoms. The minimum Gasteiger partial charge on any atom is -0.341 e. The van der Waals surface area contributed by atoms with Crippen LogP contribution in [0.2, 0.25) is 0 Å². The van der Waals surface area contributed by atoms with E-state index in [4.69, 9.17) is 0 Å². The number of carbonyl (C=O) groups is 1. The van der Waals surface area contributed by atoms with E-state index in [0.29, 0.717) is 44.9 Å². The molecule has 2 aliphatic rings. The lowest BCUT2D eigenvalue weighted by Gasteiger charge is -2.23. The van der Waals surface area contributed by atoms with Crippen LogP contribution in [0.4, 0.5) is 13.2 Å². The van der Waals surface area contributed by atoms with E-state index in [9.17, 15) is 18.0 Å². The van der Waals surface area contributed by atoms with Gasteiger partial charge in [0, 0.05) is 32.6 Å². The molecule has 1 saturated heterocycles. The van der Waals surface area contributed by atoms with Crippen LogP contribution in [-0.4, -0.2) is 54.6 Å². The monoisotopic (exact) mass is 292 g/mol. The zero-order valence-electron chi connectivity index (χ0n) is 11.8. The van der Waals surface area contributed by atoms with Crippen LogP contribution in [-0.2, 0) is 4.79 Å². The normalized spacial score (nSPS) is 23.1. The Balaban J connectivity index is 1.78. The van der Waals surface area contributed by atoms with Crippen molar-refractivity contribution in [2.75, 3.05) is 32.7 Å². The van der Waals surface area contributed by atoms with Gasteiger partial charge in [0.2, 0.25) is 5.91 Å². The molecule has 1 heterocycles. The fraction of sp³-hybridized carbons (Fsp3) is 0.929. The highest BCUT2D eigenvalue weighted by Crippen LogP contribution is 2.28. The van der Waals surface area contributed by atoms with Gasteiger partial charge in [-0.3, -0.25) is 9.69 Å². The second-order valence-corrected chi connectivity index (χ2v) is 5.98. The molecule has 2 rings (SSSR count). The van der Waals surface area contributed by atoms with Crippen LogP contribution in [0, 0.1) is 5.92 Å². The first kappa shape index (κ1) is 15.6. The molecule has 0 unspecified atom stereocenters. The first-order chi connectivity index (χ1) is 9.44. The number of nitrogens with zero attached hydrogens (tertiary/aromatic N) is 2. The second kappa shape index (κ2) is 6.78. The standard InChI is InChI=1S/C14H23F3N2O/c15-14(16,17)11-18-6-3-7-19(9-8-18)13(20)10-12-4-1-2-5-12/h12H,1-11H2. The van der Waals surface area contributed by atoms with Crippen molar-refractivity contribution in [2.24, 2.45) is 5.92 Å². The molecule has 20 heavy (non-hydrogen) atoms. The van der Waals surface area contributed by atoms with Crippen molar-refractivity contribution in [2.45, 2.75) is 44.7 Å². The third kappa shape index (κ3) is 4.96. The van der Waals surface area contributed by atoms with Gasteiger partial charge in [0.1, 0.15) is 0 Å². The first-order valence-corrected chi connectivity index (χ1v) is 7.51. The molecule has 0 N–H and O–H groups in total. The van der Waals surface area contributed by atoms with Crippen molar-refractivity contribution < 1.29 is 18.0 Å². The van der Waals surface area contributed by atoms with Crippen molar-refractivity contribution in [3.8, 4) is 0 Å². The van der Waals surface area contributed by atoms with Crippen molar-refractivity contribution >= 4 is 5.91 Å². The van der Waals surface area contributed by atoms with Crippen LogP contribution in [0.1, 0.15) is 38.5 Å². The van der Waals surface area contributed by atoms with Gasteiger partial charge in [-0.1, -0.05) is 12.8 Å². The van der Waals surface area contributed by atoms with Crippen LogP contribution in [0.15, 0.2) is 0 Å². The Morgan fingerprint density at radius 3 is 2.35 bits per heavy atom. The van der Waals surface area contributed by atoms with Crippen LogP contribution in [0.25, 0.3) is 0 Å². The molecule has 3 nitrogen and oxygen atoms in total. The summed E-state index contributed by atoms with van der Waals surface area (Å²) < 4.78 is 37.1. The molecule has 1 saturated carbocycles. The molecule has 6 heteroatoms. The number of hydrogen-bond acceptors (Lipinski definition) is 2. The lowest BCUT2D eigenvalue weighted by Crippen LogP contribution is -2.38.